The lowest BCUT2D eigenvalue weighted by Gasteiger charge is -2.19. The molecule has 1 fully saturated rings. The summed E-state index contributed by atoms with van der Waals surface area (Å²) in [6.07, 6.45) is -0.837. The van der Waals surface area contributed by atoms with Gasteiger partial charge in [0.1, 0.15) is 5.52 Å². The lowest BCUT2D eigenvalue weighted by molar-refractivity contribution is -0.138. The summed E-state index contributed by atoms with van der Waals surface area (Å²) in [7, 11) is 0. The van der Waals surface area contributed by atoms with Crippen molar-refractivity contribution in [3.05, 3.63) is 59.3 Å². The van der Waals surface area contributed by atoms with Gasteiger partial charge < -0.3 is 5.73 Å². The Kier molecular flexibility index (Phi) is 4.58. The van der Waals surface area contributed by atoms with E-state index in [1.807, 2.05) is 4.90 Å². The molecule has 0 spiro atoms. The molecular weight excluding hydrogens is 369 g/mol. The number of alkyl halides is 3. The van der Waals surface area contributed by atoms with Crippen molar-refractivity contribution in [2.45, 2.75) is 25.6 Å². The Morgan fingerprint density at radius 1 is 1.14 bits per heavy atom. The minimum absolute atomic E-state index is 0.234. The van der Waals surface area contributed by atoms with Crippen LogP contribution in [0.5, 0.6) is 0 Å². The Bertz CT molecular complexity index is 1040. The Hall–Kier alpha value is -2.87. The quantitative estimate of drug-likeness (QED) is 0.741. The number of carbonyl (C=O) groups is 1. The summed E-state index contributed by atoms with van der Waals surface area (Å²) < 4.78 is 42.4. The molecule has 0 radical (unpaired) electrons. The number of aromatic nitrogens is 2. The van der Waals surface area contributed by atoms with Crippen molar-refractivity contribution in [3.63, 3.8) is 0 Å². The van der Waals surface area contributed by atoms with Crippen LogP contribution in [0, 0.1) is 0 Å². The van der Waals surface area contributed by atoms with Gasteiger partial charge in [0.25, 0.3) is 5.91 Å². The monoisotopic (exact) mass is 388 g/mol. The van der Waals surface area contributed by atoms with Gasteiger partial charge in [-0.25, -0.2) is 4.68 Å². The summed E-state index contributed by atoms with van der Waals surface area (Å²) in [5, 5.41) is 4.93. The Balaban J connectivity index is 1.77. The highest BCUT2D eigenvalue weighted by atomic mass is 19.4. The van der Waals surface area contributed by atoms with Crippen LogP contribution in [-0.2, 0) is 12.7 Å². The molecule has 0 aliphatic carbocycles. The van der Waals surface area contributed by atoms with Crippen molar-refractivity contribution in [3.8, 4) is 5.69 Å². The SMILES string of the molecule is NC(=O)c1cccc2cn(-c3ccc(CN4CCCC4)c(C(F)(F)F)c3)nc12. The summed E-state index contributed by atoms with van der Waals surface area (Å²) in [6.45, 7) is 1.92. The number of nitrogens with two attached hydrogens (primary N) is 1. The van der Waals surface area contributed by atoms with Crippen LogP contribution in [0.4, 0.5) is 13.2 Å². The van der Waals surface area contributed by atoms with Gasteiger partial charge in [0, 0.05) is 18.1 Å². The van der Waals surface area contributed by atoms with Crippen molar-refractivity contribution in [2.75, 3.05) is 13.1 Å². The number of benzene rings is 2. The molecular formula is C20H19F3N4O. The number of nitrogens with zero attached hydrogens (tertiary/aromatic N) is 3. The maximum atomic E-state index is 13.7. The number of carbonyl (C=O) groups excluding carboxylic acids is 1. The largest absolute Gasteiger partial charge is 0.416 e. The van der Waals surface area contributed by atoms with E-state index in [2.05, 4.69) is 5.10 Å². The fourth-order valence-corrected chi connectivity index (χ4v) is 3.67. The van der Waals surface area contributed by atoms with Crippen LogP contribution in [-0.4, -0.2) is 33.7 Å². The van der Waals surface area contributed by atoms with Crippen LogP contribution in [0.15, 0.2) is 42.6 Å². The highest BCUT2D eigenvalue weighted by Crippen LogP contribution is 2.34. The molecule has 1 aliphatic heterocycles. The van der Waals surface area contributed by atoms with E-state index >= 15 is 0 Å². The zero-order valence-corrected chi connectivity index (χ0v) is 15.0. The number of rotatable bonds is 4. The van der Waals surface area contributed by atoms with Crippen LogP contribution in [0.2, 0.25) is 0 Å². The van der Waals surface area contributed by atoms with Crippen LogP contribution < -0.4 is 5.73 Å². The van der Waals surface area contributed by atoms with Crippen molar-refractivity contribution in [1.29, 1.82) is 0 Å². The molecule has 3 aromatic rings. The van der Waals surface area contributed by atoms with Crippen LogP contribution >= 0.6 is 0 Å². The minimum atomic E-state index is -4.46. The average Bonchev–Trinajstić information content (AvgIpc) is 3.29. The van der Waals surface area contributed by atoms with Gasteiger partial charge in [0.05, 0.1) is 16.8 Å². The number of primary amides is 1. The lowest BCUT2D eigenvalue weighted by atomic mass is 10.1. The van der Waals surface area contributed by atoms with E-state index in [9.17, 15) is 18.0 Å². The van der Waals surface area contributed by atoms with Crippen LogP contribution in [0.25, 0.3) is 16.6 Å². The van der Waals surface area contributed by atoms with E-state index in [0.717, 1.165) is 32.0 Å². The van der Waals surface area contributed by atoms with Crippen molar-refractivity contribution in [1.82, 2.24) is 14.7 Å². The van der Waals surface area contributed by atoms with E-state index in [1.54, 1.807) is 30.5 Å². The fraction of sp³-hybridized carbons (Fsp3) is 0.300. The third-order valence-electron chi connectivity index (χ3n) is 5.06. The van der Waals surface area contributed by atoms with E-state index < -0.39 is 17.6 Å². The number of halogens is 3. The first-order valence-electron chi connectivity index (χ1n) is 9.04. The molecule has 0 atom stereocenters. The van der Waals surface area contributed by atoms with Gasteiger partial charge in [-0.3, -0.25) is 9.69 Å². The Morgan fingerprint density at radius 3 is 2.57 bits per heavy atom. The number of likely N-dealkylation sites (tertiary alicyclic amines) is 1. The molecule has 1 aliphatic rings. The molecule has 2 heterocycles. The summed E-state index contributed by atoms with van der Waals surface area (Å²) in [5.41, 5.74) is 5.84. The number of fused-ring (bicyclic) bond motifs is 1. The highest BCUT2D eigenvalue weighted by molar-refractivity contribution is 6.04. The van der Waals surface area contributed by atoms with Crippen molar-refractivity contribution in [2.24, 2.45) is 5.73 Å². The highest BCUT2D eigenvalue weighted by Gasteiger charge is 2.34. The van der Waals surface area contributed by atoms with Gasteiger partial charge in [-0.1, -0.05) is 18.2 Å². The van der Waals surface area contributed by atoms with Gasteiger partial charge >= 0.3 is 6.18 Å². The smallest absolute Gasteiger partial charge is 0.366 e. The van der Waals surface area contributed by atoms with Crippen LogP contribution in [0.1, 0.15) is 34.3 Å². The Labute approximate surface area is 159 Å². The molecule has 5 nitrogen and oxygen atoms in total. The first-order valence-corrected chi connectivity index (χ1v) is 9.04. The third-order valence-corrected chi connectivity index (χ3v) is 5.06. The van der Waals surface area contributed by atoms with Crippen molar-refractivity contribution < 1.29 is 18.0 Å². The second kappa shape index (κ2) is 6.94. The van der Waals surface area contributed by atoms with Gasteiger partial charge in [0.2, 0.25) is 0 Å². The van der Waals surface area contributed by atoms with E-state index in [1.165, 1.54) is 10.7 Å². The maximum absolute atomic E-state index is 13.7. The standard InChI is InChI=1S/C20H19F3N4O/c21-20(22,23)17-10-15(7-6-13(17)11-26-8-1-2-9-26)27-12-14-4-3-5-16(19(24)28)18(14)25-27/h3-7,10,12H,1-2,8-9,11H2,(H2,24,28). The molecule has 1 amide bonds. The zero-order chi connectivity index (χ0) is 19.9. The predicted octanol–water partition coefficient (Wildman–Crippen LogP) is 3.74. The van der Waals surface area contributed by atoms with E-state index in [4.69, 9.17) is 5.73 Å². The molecule has 0 unspecified atom stereocenters. The summed E-state index contributed by atoms with van der Waals surface area (Å²) in [5.74, 6) is -0.632. The average molecular weight is 388 g/mol. The van der Waals surface area contributed by atoms with Gasteiger partial charge in [0.15, 0.2) is 0 Å². The molecule has 2 aromatic carbocycles. The first kappa shape index (κ1) is 18.5. The molecule has 2 N–H and O–H groups in total. The number of hydrogen-bond donors (Lipinski definition) is 1. The minimum Gasteiger partial charge on any atom is -0.366 e. The van der Waals surface area contributed by atoms with Gasteiger partial charge in [-0.05, 0) is 49.7 Å². The fourth-order valence-electron chi connectivity index (χ4n) is 3.67. The molecule has 0 saturated carbocycles. The molecule has 146 valence electrons. The normalized spacial score (nSPS) is 15.4. The molecule has 1 saturated heterocycles. The topological polar surface area (TPSA) is 64.2 Å². The van der Waals surface area contributed by atoms with E-state index in [0.29, 0.717) is 10.9 Å². The van der Waals surface area contributed by atoms with Crippen LogP contribution in [0.3, 0.4) is 0 Å². The second-order valence-electron chi connectivity index (χ2n) is 7.00. The van der Waals surface area contributed by atoms with Gasteiger partial charge in [-0.2, -0.15) is 18.3 Å². The molecule has 8 heteroatoms. The summed E-state index contributed by atoms with van der Waals surface area (Å²) in [4.78, 5) is 13.6. The zero-order valence-electron chi connectivity index (χ0n) is 15.0. The first-order chi connectivity index (χ1) is 13.3. The predicted molar refractivity (Wildman–Crippen MR) is 99.1 cm³/mol. The second-order valence-corrected chi connectivity index (χ2v) is 7.00. The molecule has 1 aromatic heterocycles. The van der Waals surface area contributed by atoms with E-state index in [-0.39, 0.29) is 23.4 Å². The summed E-state index contributed by atoms with van der Waals surface area (Å²) in [6, 6.07) is 9.18. The third kappa shape index (κ3) is 3.47. The lowest BCUT2D eigenvalue weighted by Crippen LogP contribution is -2.21. The van der Waals surface area contributed by atoms with Gasteiger partial charge in [-0.15, -0.1) is 0 Å². The maximum Gasteiger partial charge on any atom is 0.416 e. The molecule has 4 rings (SSSR count). The van der Waals surface area contributed by atoms with Crippen molar-refractivity contribution >= 4 is 16.8 Å². The molecule has 0 bridgehead atoms. The summed E-state index contributed by atoms with van der Waals surface area (Å²) >= 11 is 0. The Morgan fingerprint density at radius 2 is 1.89 bits per heavy atom. The number of amides is 1. The number of hydrogen-bond acceptors (Lipinski definition) is 3. The molecule has 28 heavy (non-hydrogen) atoms.